The maximum Gasteiger partial charge on any atom is 0.248 e. The summed E-state index contributed by atoms with van der Waals surface area (Å²) in [7, 11) is 1.54. The predicted molar refractivity (Wildman–Crippen MR) is 150 cm³/mol. The quantitative estimate of drug-likeness (QED) is 0.333. The molecule has 6 rings (SSSR count). The normalized spacial score (nSPS) is 14.5. The van der Waals surface area contributed by atoms with Crippen LogP contribution >= 0.6 is 11.6 Å². The molecule has 5 heterocycles. The maximum absolute atomic E-state index is 12.1. The van der Waals surface area contributed by atoms with E-state index in [-0.39, 0.29) is 25.2 Å². The van der Waals surface area contributed by atoms with Crippen LogP contribution in [0.4, 0.5) is 0 Å². The zero-order chi connectivity index (χ0) is 27.1. The fourth-order valence-electron chi connectivity index (χ4n) is 5.47. The summed E-state index contributed by atoms with van der Waals surface area (Å²) in [4.78, 5) is 23.7. The SMILES string of the molecule is COCC(=O)N1CCC(n2cc(-c3cnc4ccn5c(CO)c(-c6c(C)cccc6Cl)nc5c4c3)cn2)CC1. The van der Waals surface area contributed by atoms with E-state index in [1.165, 1.54) is 0 Å². The van der Waals surface area contributed by atoms with Crippen molar-refractivity contribution in [1.29, 1.82) is 0 Å². The highest BCUT2D eigenvalue weighted by atomic mass is 35.5. The molecule has 0 spiro atoms. The lowest BCUT2D eigenvalue weighted by atomic mass is 10.0. The van der Waals surface area contributed by atoms with Crippen molar-refractivity contribution in [2.45, 2.75) is 32.4 Å². The van der Waals surface area contributed by atoms with E-state index in [4.69, 9.17) is 26.3 Å². The maximum atomic E-state index is 12.1. The van der Waals surface area contributed by atoms with Crippen molar-refractivity contribution in [2.24, 2.45) is 0 Å². The van der Waals surface area contributed by atoms with Gasteiger partial charge in [0.05, 0.1) is 40.8 Å². The molecule has 1 amide bonds. The number of aryl methyl sites for hydroxylation is 1. The number of methoxy groups -OCH3 is 1. The number of rotatable bonds is 6. The Bertz CT molecular complexity index is 1670. The molecule has 1 N–H and O–H groups in total. The van der Waals surface area contributed by atoms with Gasteiger partial charge in [-0.25, -0.2) is 4.98 Å². The number of amides is 1. The first-order chi connectivity index (χ1) is 19.0. The number of aromatic nitrogens is 5. The van der Waals surface area contributed by atoms with Gasteiger partial charge in [0.15, 0.2) is 0 Å². The van der Waals surface area contributed by atoms with Gasteiger partial charge in [-0.05, 0) is 43.5 Å². The molecule has 5 aromatic rings. The number of carbonyl (C=O) groups excluding carboxylic acids is 1. The van der Waals surface area contributed by atoms with E-state index in [0.717, 1.165) is 46.0 Å². The molecule has 1 aliphatic rings. The first kappa shape index (κ1) is 25.5. The molecule has 39 heavy (non-hydrogen) atoms. The molecule has 0 aliphatic carbocycles. The average Bonchev–Trinajstić information content (AvgIpc) is 3.58. The molecule has 0 atom stereocenters. The Morgan fingerprint density at radius 1 is 1.18 bits per heavy atom. The Kier molecular flexibility index (Phi) is 6.80. The smallest absolute Gasteiger partial charge is 0.248 e. The highest BCUT2D eigenvalue weighted by Gasteiger charge is 2.25. The highest BCUT2D eigenvalue weighted by molar-refractivity contribution is 6.33. The minimum atomic E-state index is -0.178. The minimum Gasteiger partial charge on any atom is -0.390 e. The van der Waals surface area contributed by atoms with Crippen molar-refractivity contribution < 1.29 is 14.6 Å². The zero-order valence-electron chi connectivity index (χ0n) is 21.8. The third kappa shape index (κ3) is 4.56. The van der Waals surface area contributed by atoms with E-state index in [1.807, 2.05) is 70.0 Å². The number of ether oxygens (including phenoxy) is 1. The first-order valence-electron chi connectivity index (χ1n) is 13.0. The summed E-state index contributed by atoms with van der Waals surface area (Å²) in [5.41, 5.74) is 6.56. The Labute approximate surface area is 230 Å². The van der Waals surface area contributed by atoms with E-state index >= 15 is 0 Å². The Morgan fingerprint density at radius 2 is 2.00 bits per heavy atom. The molecule has 10 heteroatoms. The van der Waals surface area contributed by atoms with Gasteiger partial charge < -0.3 is 19.1 Å². The van der Waals surface area contributed by atoms with Crippen molar-refractivity contribution in [1.82, 2.24) is 29.0 Å². The summed E-state index contributed by atoms with van der Waals surface area (Å²) in [6.45, 7) is 3.32. The van der Waals surface area contributed by atoms with Crippen LogP contribution in [0.1, 0.15) is 30.1 Å². The van der Waals surface area contributed by atoms with E-state index < -0.39 is 0 Å². The van der Waals surface area contributed by atoms with Gasteiger partial charge in [0.25, 0.3) is 0 Å². The number of fused-ring (bicyclic) bond motifs is 3. The predicted octanol–water partition coefficient (Wildman–Crippen LogP) is 4.68. The van der Waals surface area contributed by atoms with Gasteiger partial charge in [0.1, 0.15) is 12.3 Å². The number of nitrogens with zero attached hydrogens (tertiary/aromatic N) is 6. The molecule has 1 saturated heterocycles. The minimum absolute atomic E-state index is 0.0295. The number of aliphatic hydroxyl groups is 1. The number of aliphatic hydroxyl groups excluding tert-OH is 1. The van der Waals surface area contributed by atoms with Crippen LogP contribution in [-0.2, 0) is 16.1 Å². The van der Waals surface area contributed by atoms with Crippen LogP contribution in [0.5, 0.6) is 0 Å². The molecular formula is C29H29ClN6O3. The first-order valence-corrected chi connectivity index (χ1v) is 13.3. The van der Waals surface area contributed by atoms with Crippen LogP contribution in [0.15, 0.2) is 55.1 Å². The second-order valence-electron chi connectivity index (χ2n) is 9.92. The Balaban J connectivity index is 1.35. The second kappa shape index (κ2) is 10.4. The van der Waals surface area contributed by atoms with Crippen LogP contribution in [0.3, 0.4) is 0 Å². The molecular weight excluding hydrogens is 516 g/mol. The molecule has 0 unspecified atom stereocenters. The standard InChI is InChI=1S/C29H29ClN6O3/c1-18-4-3-5-23(30)27(18)28-25(16-37)35-11-8-24-22(29(35)33-28)12-19(13-31-24)20-14-32-36(15-20)21-6-9-34(10-7-21)26(38)17-39-2/h3-5,8,11-15,21,37H,6-7,9-10,16-17H2,1-2H3. The summed E-state index contributed by atoms with van der Waals surface area (Å²) in [5.74, 6) is 0.0295. The summed E-state index contributed by atoms with van der Waals surface area (Å²) in [6, 6.07) is 9.97. The summed E-state index contributed by atoms with van der Waals surface area (Å²) < 4.78 is 8.89. The molecule has 9 nitrogen and oxygen atoms in total. The number of benzene rings is 1. The summed E-state index contributed by atoms with van der Waals surface area (Å²) in [5, 5.41) is 16.4. The van der Waals surface area contributed by atoms with Crippen LogP contribution in [0.25, 0.3) is 38.9 Å². The Morgan fingerprint density at radius 3 is 2.74 bits per heavy atom. The summed E-state index contributed by atoms with van der Waals surface area (Å²) >= 11 is 6.57. The van der Waals surface area contributed by atoms with E-state index in [1.54, 1.807) is 7.11 Å². The van der Waals surface area contributed by atoms with Crippen molar-refractivity contribution in [3.8, 4) is 22.4 Å². The van der Waals surface area contributed by atoms with Gasteiger partial charge in [0.2, 0.25) is 5.91 Å². The van der Waals surface area contributed by atoms with Crippen LogP contribution in [0.2, 0.25) is 5.02 Å². The lowest BCUT2D eigenvalue weighted by molar-refractivity contribution is -0.136. The van der Waals surface area contributed by atoms with Crippen molar-refractivity contribution in [2.75, 3.05) is 26.8 Å². The third-order valence-electron chi connectivity index (χ3n) is 7.55. The van der Waals surface area contributed by atoms with E-state index in [0.29, 0.717) is 35.1 Å². The molecule has 0 radical (unpaired) electrons. The highest BCUT2D eigenvalue weighted by Crippen LogP contribution is 2.35. The molecule has 1 aliphatic heterocycles. The van der Waals surface area contributed by atoms with Gasteiger partial charge in [-0.3, -0.25) is 14.5 Å². The fraction of sp³-hybridized carbons (Fsp3) is 0.310. The molecule has 0 bridgehead atoms. The van der Waals surface area contributed by atoms with Gasteiger partial charge in [-0.1, -0.05) is 23.7 Å². The van der Waals surface area contributed by atoms with Crippen molar-refractivity contribution in [3.63, 3.8) is 0 Å². The van der Waals surface area contributed by atoms with Crippen LogP contribution in [0, 0.1) is 6.92 Å². The number of halogens is 1. The fourth-order valence-corrected chi connectivity index (χ4v) is 5.78. The van der Waals surface area contributed by atoms with Gasteiger partial charge in [-0.15, -0.1) is 0 Å². The lowest BCUT2D eigenvalue weighted by Crippen LogP contribution is -2.40. The number of imidazole rings is 1. The molecule has 0 saturated carbocycles. The molecule has 1 aromatic carbocycles. The molecule has 200 valence electrons. The van der Waals surface area contributed by atoms with Gasteiger partial charge in [0, 0.05) is 60.9 Å². The van der Waals surface area contributed by atoms with E-state index in [9.17, 15) is 9.90 Å². The number of piperidine rings is 1. The van der Waals surface area contributed by atoms with Crippen LogP contribution in [-0.4, -0.2) is 66.9 Å². The molecule has 4 aromatic heterocycles. The topological polar surface area (TPSA) is 97.8 Å². The van der Waals surface area contributed by atoms with Crippen LogP contribution < -0.4 is 0 Å². The number of carbonyl (C=O) groups is 1. The second-order valence-corrected chi connectivity index (χ2v) is 10.3. The van der Waals surface area contributed by atoms with Crippen molar-refractivity contribution in [3.05, 3.63) is 71.4 Å². The number of hydrogen-bond acceptors (Lipinski definition) is 6. The average molecular weight is 545 g/mol. The molecule has 1 fully saturated rings. The van der Waals surface area contributed by atoms with Gasteiger partial charge >= 0.3 is 0 Å². The monoisotopic (exact) mass is 544 g/mol. The Hall–Kier alpha value is -3.79. The van der Waals surface area contributed by atoms with Gasteiger partial charge in [-0.2, -0.15) is 5.10 Å². The number of likely N-dealkylation sites (tertiary alicyclic amines) is 1. The third-order valence-corrected chi connectivity index (χ3v) is 7.87. The van der Waals surface area contributed by atoms with Crippen molar-refractivity contribution >= 4 is 34.1 Å². The number of hydrogen-bond donors (Lipinski definition) is 1. The van der Waals surface area contributed by atoms with E-state index in [2.05, 4.69) is 11.2 Å². The summed E-state index contributed by atoms with van der Waals surface area (Å²) in [6.07, 6.45) is 9.32. The lowest BCUT2D eigenvalue weighted by Gasteiger charge is -2.32. The number of pyridine rings is 2. The largest absolute Gasteiger partial charge is 0.390 e. The zero-order valence-corrected chi connectivity index (χ0v) is 22.6.